The third kappa shape index (κ3) is 5.91. The minimum Gasteiger partial charge on any atom is -0.497 e. The Balaban J connectivity index is 1.88. The lowest BCUT2D eigenvalue weighted by atomic mass is 10.0. The lowest BCUT2D eigenvalue weighted by Crippen LogP contribution is -2.26. The van der Waals surface area contributed by atoms with Gasteiger partial charge in [-0.05, 0) is 48.2 Å². The van der Waals surface area contributed by atoms with E-state index in [1.165, 1.54) is 12.1 Å². The molecule has 0 aromatic heterocycles. The van der Waals surface area contributed by atoms with Crippen molar-refractivity contribution in [3.63, 3.8) is 0 Å². The molecule has 0 aliphatic carbocycles. The largest absolute Gasteiger partial charge is 0.497 e. The summed E-state index contributed by atoms with van der Waals surface area (Å²) in [6.45, 7) is 0.140. The molecule has 0 saturated heterocycles. The zero-order valence-electron chi connectivity index (χ0n) is 15.2. The number of methoxy groups -OCH3 is 2. The van der Waals surface area contributed by atoms with E-state index >= 15 is 0 Å². The SMILES string of the molecule is COc1ccc(OC)c(CCC(=O)NCCc2ccccc2C(F)(F)F)c1. The second-order valence-corrected chi connectivity index (χ2v) is 5.93. The number of hydrogen-bond acceptors (Lipinski definition) is 3. The Morgan fingerprint density at radius 1 is 1.00 bits per heavy atom. The van der Waals surface area contributed by atoms with Crippen molar-refractivity contribution in [1.29, 1.82) is 0 Å². The van der Waals surface area contributed by atoms with Crippen molar-refractivity contribution in [1.82, 2.24) is 5.32 Å². The van der Waals surface area contributed by atoms with Crippen LogP contribution in [0.1, 0.15) is 23.1 Å². The maximum absolute atomic E-state index is 13.0. The minimum absolute atomic E-state index is 0.115. The predicted octanol–water partition coefficient (Wildman–Crippen LogP) is 4.01. The summed E-state index contributed by atoms with van der Waals surface area (Å²) in [5, 5.41) is 2.67. The Labute approximate surface area is 156 Å². The van der Waals surface area contributed by atoms with Gasteiger partial charge in [0.1, 0.15) is 11.5 Å². The van der Waals surface area contributed by atoms with Gasteiger partial charge < -0.3 is 14.8 Å². The Hall–Kier alpha value is -2.70. The smallest absolute Gasteiger partial charge is 0.416 e. The molecule has 1 N–H and O–H groups in total. The van der Waals surface area contributed by atoms with Crippen molar-refractivity contribution in [2.24, 2.45) is 0 Å². The summed E-state index contributed by atoms with van der Waals surface area (Å²) in [7, 11) is 3.10. The van der Waals surface area contributed by atoms with Gasteiger partial charge in [-0.1, -0.05) is 18.2 Å². The molecule has 0 spiro atoms. The third-order valence-electron chi connectivity index (χ3n) is 4.15. The van der Waals surface area contributed by atoms with Crippen molar-refractivity contribution < 1.29 is 27.4 Å². The molecule has 0 heterocycles. The standard InChI is InChI=1S/C20H22F3NO3/c1-26-16-8-9-18(27-2)15(13-16)7-10-19(25)24-12-11-14-5-3-4-6-17(14)20(21,22)23/h3-6,8-9,13H,7,10-12H2,1-2H3,(H,24,25). The lowest BCUT2D eigenvalue weighted by Gasteiger charge is -2.13. The number of benzene rings is 2. The molecule has 0 bridgehead atoms. The topological polar surface area (TPSA) is 47.6 Å². The van der Waals surface area contributed by atoms with E-state index in [4.69, 9.17) is 9.47 Å². The molecule has 7 heteroatoms. The van der Waals surface area contributed by atoms with Crippen LogP contribution in [0.4, 0.5) is 13.2 Å². The summed E-state index contributed by atoms with van der Waals surface area (Å²) in [6, 6.07) is 10.7. The van der Waals surface area contributed by atoms with E-state index in [0.29, 0.717) is 17.9 Å². The average molecular weight is 381 g/mol. The highest BCUT2D eigenvalue weighted by molar-refractivity contribution is 5.76. The van der Waals surface area contributed by atoms with Gasteiger partial charge in [-0.3, -0.25) is 4.79 Å². The molecule has 0 radical (unpaired) electrons. The number of carbonyl (C=O) groups excluding carboxylic acids is 1. The Kier molecular flexibility index (Phi) is 7.10. The lowest BCUT2D eigenvalue weighted by molar-refractivity contribution is -0.138. The predicted molar refractivity (Wildman–Crippen MR) is 96.0 cm³/mol. The molecule has 0 atom stereocenters. The number of halogens is 3. The van der Waals surface area contributed by atoms with Gasteiger partial charge in [-0.25, -0.2) is 0 Å². The Morgan fingerprint density at radius 2 is 1.74 bits per heavy atom. The van der Waals surface area contributed by atoms with Crippen LogP contribution in [-0.4, -0.2) is 26.7 Å². The molecule has 4 nitrogen and oxygen atoms in total. The molecule has 2 aromatic carbocycles. The van der Waals surface area contributed by atoms with E-state index in [-0.39, 0.29) is 30.9 Å². The summed E-state index contributed by atoms with van der Waals surface area (Å²) in [4.78, 5) is 12.0. The van der Waals surface area contributed by atoms with Crippen LogP contribution in [0.2, 0.25) is 0 Å². The first-order valence-corrected chi connectivity index (χ1v) is 8.48. The first-order valence-electron chi connectivity index (χ1n) is 8.48. The van der Waals surface area contributed by atoms with Gasteiger partial charge in [0.2, 0.25) is 5.91 Å². The van der Waals surface area contributed by atoms with E-state index in [9.17, 15) is 18.0 Å². The van der Waals surface area contributed by atoms with Gasteiger partial charge in [-0.15, -0.1) is 0 Å². The molecule has 0 aliphatic rings. The van der Waals surface area contributed by atoms with Crippen molar-refractivity contribution >= 4 is 5.91 Å². The molecule has 0 saturated carbocycles. The second kappa shape index (κ2) is 9.30. The fourth-order valence-corrected chi connectivity index (χ4v) is 2.77. The molecule has 0 fully saturated rings. The highest BCUT2D eigenvalue weighted by Crippen LogP contribution is 2.32. The van der Waals surface area contributed by atoms with Gasteiger partial charge in [0.15, 0.2) is 0 Å². The van der Waals surface area contributed by atoms with Crippen LogP contribution in [0, 0.1) is 0 Å². The summed E-state index contributed by atoms with van der Waals surface area (Å²) >= 11 is 0. The number of amides is 1. The molecule has 1 amide bonds. The molecule has 2 rings (SSSR count). The first kappa shape index (κ1) is 20.6. The highest BCUT2D eigenvalue weighted by Gasteiger charge is 2.32. The maximum atomic E-state index is 13.0. The first-order chi connectivity index (χ1) is 12.8. The van der Waals surface area contributed by atoms with Crippen LogP contribution < -0.4 is 14.8 Å². The summed E-state index contributed by atoms with van der Waals surface area (Å²) in [6.07, 6.45) is -3.65. The van der Waals surface area contributed by atoms with E-state index in [1.807, 2.05) is 0 Å². The molecular weight excluding hydrogens is 359 g/mol. The summed E-state index contributed by atoms with van der Waals surface area (Å²) < 4.78 is 49.3. The van der Waals surface area contributed by atoms with Crippen molar-refractivity contribution in [2.75, 3.05) is 20.8 Å². The minimum atomic E-state index is -4.40. The summed E-state index contributed by atoms with van der Waals surface area (Å²) in [5.74, 6) is 1.09. The fourth-order valence-electron chi connectivity index (χ4n) is 2.77. The van der Waals surface area contributed by atoms with Crippen LogP contribution in [0.15, 0.2) is 42.5 Å². The van der Waals surface area contributed by atoms with Gasteiger partial charge in [0, 0.05) is 13.0 Å². The molecule has 27 heavy (non-hydrogen) atoms. The zero-order valence-corrected chi connectivity index (χ0v) is 15.2. The number of hydrogen-bond donors (Lipinski definition) is 1. The second-order valence-electron chi connectivity index (χ2n) is 5.93. The van der Waals surface area contributed by atoms with E-state index in [0.717, 1.165) is 11.6 Å². The number of ether oxygens (including phenoxy) is 2. The van der Waals surface area contributed by atoms with Crippen molar-refractivity contribution in [2.45, 2.75) is 25.4 Å². The summed E-state index contributed by atoms with van der Waals surface area (Å²) in [5.41, 5.74) is 0.328. The third-order valence-corrected chi connectivity index (χ3v) is 4.15. The molecule has 2 aromatic rings. The fraction of sp³-hybridized carbons (Fsp3) is 0.350. The number of nitrogens with one attached hydrogen (secondary N) is 1. The van der Waals surface area contributed by atoms with Gasteiger partial charge in [0.05, 0.1) is 19.8 Å². The highest BCUT2D eigenvalue weighted by atomic mass is 19.4. The van der Waals surface area contributed by atoms with E-state index < -0.39 is 11.7 Å². The van der Waals surface area contributed by atoms with Gasteiger partial charge >= 0.3 is 6.18 Å². The van der Waals surface area contributed by atoms with E-state index in [1.54, 1.807) is 38.5 Å². The Bertz CT molecular complexity index is 775. The molecule has 0 unspecified atom stereocenters. The van der Waals surface area contributed by atoms with Crippen LogP contribution >= 0.6 is 0 Å². The molecular formula is C20H22F3NO3. The van der Waals surface area contributed by atoms with Crippen molar-refractivity contribution in [3.05, 3.63) is 59.2 Å². The zero-order chi connectivity index (χ0) is 19.9. The average Bonchev–Trinajstić information content (AvgIpc) is 2.65. The molecule has 0 aliphatic heterocycles. The van der Waals surface area contributed by atoms with E-state index in [2.05, 4.69) is 5.32 Å². The maximum Gasteiger partial charge on any atom is 0.416 e. The van der Waals surface area contributed by atoms with Crippen LogP contribution in [0.5, 0.6) is 11.5 Å². The van der Waals surface area contributed by atoms with Crippen LogP contribution in [-0.2, 0) is 23.8 Å². The molecule has 146 valence electrons. The van der Waals surface area contributed by atoms with Crippen molar-refractivity contribution in [3.8, 4) is 11.5 Å². The van der Waals surface area contributed by atoms with Crippen LogP contribution in [0.25, 0.3) is 0 Å². The van der Waals surface area contributed by atoms with Gasteiger partial charge in [-0.2, -0.15) is 13.2 Å². The number of aryl methyl sites for hydroxylation is 1. The normalized spacial score (nSPS) is 11.1. The number of alkyl halides is 3. The number of rotatable bonds is 8. The monoisotopic (exact) mass is 381 g/mol. The quantitative estimate of drug-likeness (QED) is 0.752. The Morgan fingerprint density at radius 3 is 2.41 bits per heavy atom. The number of carbonyl (C=O) groups is 1. The van der Waals surface area contributed by atoms with Gasteiger partial charge in [0.25, 0.3) is 0 Å². The van der Waals surface area contributed by atoms with Crippen LogP contribution in [0.3, 0.4) is 0 Å².